The predicted octanol–water partition coefficient (Wildman–Crippen LogP) is 1.12. The van der Waals surface area contributed by atoms with E-state index in [1.807, 2.05) is 0 Å². The zero-order valence-corrected chi connectivity index (χ0v) is 10.5. The van der Waals surface area contributed by atoms with Crippen LogP contribution in [-0.4, -0.2) is 69.7 Å². The highest BCUT2D eigenvalue weighted by atomic mass is 35.5. The Morgan fingerprint density at radius 1 is 1.21 bits per heavy atom. The topological polar surface area (TPSA) is 15.7 Å². The smallest absolute Gasteiger partial charge is 0.0696 e. The van der Waals surface area contributed by atoms with Crippen LogP contribution in [0.4, 0.5) is 0 Å². The first-order valence-corrected chi connectivity index (χ1v) is 5.46. The number of alkyl halides is 1. The van der Waals surface area contributed by atoms with Crippen LogP contribution in [0.2, 0.25) is 0 Å². The van der Waals surface area contributed by atoms with Gasteiger partial charge < -0.3 is 14.5 Å². The summed E-state index contributed by atoms with van der Waals surface area (Å²) >= 11 is 6.04. The molecule has 0 saturated heterocycles. The molecule has 0 rings (SSSR count). The van der Waals surface area contributed by atoms with E-state index in [1.165, 1.54) is 6.42 Å². The van der Waals surface area contributed by atoms with Gasteiger partial charge in [-0.1, -0.05) is 0 Å². The Kier molecular flexibility index (Phi) is 8.58. The van der Waals surface area contributed by atoms with Crippen LogP contribution >= 0.6 is 11.6 Å². The van der Waals surface area contributed by atoms with Crippen molar-refractivity contribution in [2.75, 3.05) is 54.5 Å². The molecule has 0 aliphatic carbocycles. The lowest BCUT2D eigenvalue weighted by molar-refractivity contribution is 0.181. The Morgan fingerprint density at radius 3 is 2.36 bits per heavy atom. The van der Waals surface area contributed by atoms with Crippen molar-refractivity contribution in [2.24, 2.45) is 0 Å². The van der Waals surface area contributed by atoms with Crippen molar-refractivity contribution >= 4 is 11.6 Å². The normalized spacial score (nSPS) is 13.9. The van der Waals surface area contributed by atoms with Crippen molar-refractivity contribution in [3.8, 4) is 0 Å². The number of hydrogen-bond acceptors (Lipinski definition) is 3. The Balaban J connectivity index is 3.39. The fraction of sp³-hybridized carbons (Fsp3) is 1.00. The Morgan fingerprint density at radius 2 is 1.86 bits per heavy atom. The molecular weight excluding hydrogens is 200 g/mol. The summed E-state index contributed by atoms with van der Waals surface area (Å²) in [4.78, 5) is 4.45. The lowest BCUT2D eigenvalue weighted by Crippen LogP contribution is -2.30. The summed E-state index contributed by atoms with van der Waals surface area (Å²) in [5.74, 6) is 0. The van der Waals surface area contributed by atoms with Crippen LogP contribution in [0.3, 0.4) is 0 Å². The second-order valence-corrected chi connectivity index (χ2v) is 4.59. The molecule has 86 valence electrons. The fourth-order valence-electron chi connectivity index (χ4n) is 1.32. The third-order valence-corrected chi connectivity index (χ3v) is 2.27. The van der Waals surface area contributed by atoms with Crippen LogP contribution < -0.4 is 0 Å². The highest BCUT2D eigenvalue weighted by Crippen LogP contribution is 1.99. The minimum atomic E-state index is 0.101. The predicted molar refractivity (Wildman–Crippen MR) is 62.2 cm³/mol. The maximum absolute atomic E-state index is 6.04. The molecule has 0 amide bonds. The summed E-state index contributed by atoms with van der Waals surface area (Å²) in [6.45, 7) is 3.73. The van der Waals surface area contributed by atoms with E-state index in [0.717, 1.165) is 19.6 Å². The van der Waals surface area contributed by atoms with Gasteiger partial charge in [0.15, 0.2) is 0 Å². The monoisotopic (exact) mass is 222 g/mol. The summed E-state index contributed by atoms with van der Waals surface area (Å²) in [6.07, 6.45) is 1.18. The molecule has 0 heterocycles. The van der Waals surface area contributed by atoms with Crippen LogP contribution in [0, 0.1) is 0 Å². The van der Waals surface area contributed by atoms with Gasteiger partial charge >= 0.3 is 0 Å². The van der Waals surface area contributed by atoms with E-state index in [1.54, 1.807) is 7.11 Å². The summed E-state index contributed by atoms with van der Waals surface area (Å²) in [5.41, 5.74) is 0. The SMILES string of the molecule is COCC(Cl)CN(C)CCCN(C)C. The van der Waals surface area contributed by atoms with Crippen molar-refractivity contribution in [3.05, 3.63) is 0 Å². The third-order valence-electron chi connectivity index (χ3n) is 2.00. The van der Waals surface area contributed by atoms with E-state index in [4.69, 9.17) is 16.3 Å². The Bertz CT molecular complexity index is 133. The molecule has 0 saturated carbocycles. The van der Waals surface area contributed by atoms with E-state index < -0.39 is 0 Å². The second-order valence-electron chi connectivity index (χ2n) is 3.97. The molecule has 0 radical (unpaired) electrons. The van der Waals surface area contributed by atoms with Gasteiger partial charge in [-0.25, -0.2) is 0 Å². The van der Waals surface area contributed by atoms with Crippen molar-refractivity contribution in [2.45, 2.75) is 11.8 Å². The largest absolute Gasteiger partial charge is 0.383 e. The molecule has 0 aromatic carbocycles. The maximum atomic E-state index is 6.04. The number of ether oxygens (including phenoxy) is 1. The van der Waals surface area contributed by atoms with Crippen LogP contribution in [0.25, 0.3) is 0 Å². The third kappa shape index (κ3) is 8.75. The molecular formula is C10H23ClN2O. The van der Waals surface area contributed by atoms with Gasteiger partial charge in [0.25, 0.3) is 0 Å². The molecule has 1 atom stereocenters. The van der Waals surface area contributed by atoms with Crippen LogP contribution in [-0.2, 0) is 4.74 Å². The number of methoxy groups -OCH3 is 1. The lowest BCUT2D eigenvalue weighted by atomic mass is 10.3. The summed E-state index contributed by atoms with van der Waals surface area (Å²) in [5, 5.41) is 0.101. The Hall–Kier alpha value is 0.170. The van der Waals surface area contributed by atoms with Crippen LogP contribution in [0.1, 0.15) is 6.42 Å². The van der Waals surface area contributed by atoms with Gasteiger partial charge in [-0.2, -0.15) is 0 Å². The highest BCUT2D eigenvalue weighted by molar-refractivity contribution is 6.20. The molecule has 0 aromatic rings. The molecule has 0 aromatic heterocycles. The van der Waals surface area contributed by atoms with Crippen LogP contribution in [0.15, 0.2) is 0 Å². The zero-order chi connectivity index (χ0) is 11.0. The Labute approximate surface area is 93.0 Å². The van der Waals surface area contributed by atoms with Crippen molar-refractivity contribution < 1.29 is 4.74 Å². The number of halogens is 1. The summed E-state index contributed by atoms with van der Waals surface area (Å²) < 4.78 is 4.98. The highest BCUT2D eigenvalue weighted by Gasteiger charge is 2.07. The van der Waals surface area contributed by atoms with Gasteiger partial charge in [-0.15, -0.1) is 11.6 Å². The van der Waals surface area contributed by atoms with Gasteiger partial charge in [0.2, 0.25) is 0 Å². The van der Waals surface area contributed by atoms with Gasteiger partial charge in [0.05, 0.1) is 12.0 Å². The van der Waals surface area contributed by atoms with Crippen molar-refractivity contribution in [1.29, 1.82) is 0 Å². The molecule has 1 unspecified atom stereocenters. The fourth-order valence-corrected chi connectivity index (χ4v) is 1.68. The van der Waals surface area contributed by atoms with E-state index in [-0.39, 0.29) is 5.38 Å². The van der Waals surface area contributed by atoms with Crippen LogP contribution in [0.5, 0.6) is 0 Å². The molecule has 0 spiro atoms. The van der Waals surface area contributed by atoms with E-state index >= 15 is 0 Å². The van der Waals surface area contributed by atoms with Crippen molar-refractivity contribution in [3.63, 3.8) is 0 Å². The average molecular weight is 223 g/mol. The first kappa shape index (κ1) is 14.2. The number of rotatable bonds is 8. The van der Waals surface area contributed by atoms with Gasteiger partial charge in [-0.3, -0.25) is 0 Å². The first-order valence-electron chi connectivity index (χ1n) is 5.02. The molecule has 0 aliphatic heterocycles. The maximum Gasteiger partial charge on any atom is 0.0696 e. The molecule has 0 N–H and O–H groups in total. The van der Waals surface area contributed by atoms with Gasteiger partial charge in [0.1, 0.15) is 0 Å². The van der Waals surface area contributed by atoms with E-state index in [9.17, 15) is 0 Å². The number of nitrogens with zero attached hydrogens (tertiary/aromatic N) is 2. The van der Waals surface area contributed by atoms with E-state index in [2.05, 4.69) is 30.9 Å². The molecule has 0 bridgehead atoms. The number of hydrogen-bond donors (Lipinski definition) is 0. The van der Waals surface area contributed by atoms with Gasteiger partial charge in [-0.05, 0) is 40.7 Å². The molecule has 0 aliphatic rings. The lowest BCUT2D eigenvalue weighted by Gasteiger charge is -2.20. The minimum absolute atomic E-state index is 0.101. The van der Waals surface area contributed by atoms with E-state index in [0.29, 0.717) is 6.61 Å². The standard InChI is InChI=1S/C10H23ClN2O/c1-12(2)6-5-7-13(3)8-10(11)9-14-4/h10H,5-9H2,1-4H3. The van der Waals surface area contributed by atoms with Crippen molar-refractivity contribution in [1.82, 2.24) is 9.80 Å². The summed E-state index contributed by atoms with van der Waals surface area (Å²) in [7, 11) is 7.96. The molecule has 14 heavy (non-hydrogen) atoms. The molecule has 0 fully saturated rings. The average Bonchev–Trinajstić information content (AvgIpc) is 2.03. The second kappa shape index (κ2) is 8.48. The zero-order valence-electron chi connectivity index (χ0n) is 9.79. The first-order chi connectivity index (χ1) is 6.56. The minimum Gasteiger partial charge on any atom is -0.383 e. The summed E-state index contributed by atoms with van der Waals surface area (Å²) in [6, 6.07) is 0. The molecule has 3 nitrogen and oxygen atoms in total. The van der Waals surface area contributed by atoms with Gasteiger partial charge in [0, 0.05) is 13.7 Å². The quantitative estimate of drug-likeness (QED) is 0.573. The molecule has 4 heteroatoms.